The topological polar surface area (TPSA) is 70.2 Å². The van der Waals surface area contributed by atoms with Gasteiger partial charge in [0.2, 0.25) is 11.8 Å². The summed E-state index contributed by atoms with van der Waals surface area (Å²) in [5.41, 5.74) is 0.780. The molecule has 5 nitrogen and oxygen atoms in total. The first-order chi connectivity index (χ1) is 8.39. The Kier molecular flexibility index (Phi) is 5.34. The summed E-state index contributed by atoms with van der Waals surface area (Å²) in [6.07, 6.45) is 3.06. The highest BCUT2D eigenvalue weighted by Crippen LogP contribution is 2.11. The zero-order valence-electron chi connectivity index (χ0n) is 11.4. The van der Waals surface area contributed by atoms with Crippen LogP contribution in [0.2, 0.25) is 0 Å². The largest absolute Gasteiger partial charge is 0.351 e. The van der Waals surface area contributed by atoms with Gasteiger partial charge in [-0.3, -0.25) is 9.59 Å². The van der Waals surface area contributed by atoms with Crippen molar-refractivity contribution in [3.8, 4) is 0 Å². The van der Waals surface area contributed by atoms with E-state index < -0.39 is 5.41 Å². The minimum Gasteiger partial charge on any atom is -0.351 e. The van der Waals surface area contributed by atoms with Gasteiger partial charge >= 0.3 is 0 Å². The summed E-state index contributed by atoms with van der Waals surface area (Å²) in [6, 6.07) is 0. The maximum Gasteiger partial charge on any atom is 0.239 e. The van der Waals surface area contributed by atoms with Crippen LogP contribution in [0.1, 0.15) is 27.2 Å². The third kappa shape index (κ3) is 5.31. The predicted octanol–water partition coefficient (Wildman–Crippen LogP) is 0.185. The molecule has 5 heteroatoms. The SMILES string of the molecule is CC(C)(C)C(=O)NCC(=O)NCC1=CCNCC1. The molecule has 0 unspecified atom stereocenters. The summed E-state index contributed by atoms with van der Waals surface area (Å²) in [4.78, 5) is 23.1. The summed E-state index contributed by atoms with van der Waals surface area (Å²) in [5.74, 6) is -0.259. The minimum absolute atomic E-state index is 0.0433. The molecule has 1 heterocycles. The average molecular weight is 253 g/mol. The second kappa shape index (κ2) is 6.54. The van der Waals surface area contributed by atoms with Gasteiger partial charge in [0.15, 0.2) is 0 Å². The lowest BCUT2D eigenvalue weighted by Crippen LogP contribution is -2.42. The Hall–Kier alpha value is -1.36. The first kappa shape index (κ1) is 14.7. The Balaban J connectivity index is 2.22. The number of amides is 2. The summed E-state index contributed by atoms with van der Waals surface area (Å²) >= 11 is 0. The van der Waals surface area contributed by atoms with E-state index in [2.05, 4.69) is 22.0 Å². The summed E-state index contributed by atoms with van der Waals surface area (Å²) in [7, 11) is 0. The van der Waals surface area contributed by atoms with Crippen LogP contribution in [0.3, 0.4) is 0 Å². The van der Waals surface area contributed by atoms with Crippen LogP contribution in [0, 0.1) is 5.41 Å². The van der Waals surface area contributed by atoms with E-state index in [1.54, 1.807) is 0 Å². The highest BCUT2D eigenvalue weighted by Gasteiger charge is 2.21. The molecule has 102 valence electrons. The monoisotopic (exact) mass is 253 g/mol. The van der Waals surface area contributed by atoms with Crippen molar-refractivity contribution in [2.45, 2.75) is 27.2 Å². The first-order valence-corrected chi connectivity index (χ1v) is 6.33. The predicted molar refractivity (Wildman–Crippen MR) is 71.0 cm³/mol. The lowest BCUT2D eigenvalue weighted by atomic mass is 9.96. The third-order valence-corrected chi connectivity index (χ3v) is 2.76. The van der Waals surface area contributed by atoms with Crippen LogP contribution in [-0.4, -0.2) is 38.0 Å². The molecule has 0 radical (unpaired) electrons. The first-order valence-electron chi connectivity index (χ1n) is 6.33. The van der Waals surface area contributed by atoms with E-state index in [-0.39, 0.29) is 18.4 Å². The van der Waals surface area contributed by atoms with Gasteiger partial charge < -0.3 is 16.0 Å². The smallest absolute Gasteiger partial charge is 0.239 e. The van der Waals surface area contributed by atoms with Gasteiger partial charge in [0.05, 0.1) is 6.54 Å². The molecule has 18 heavy (non-hydrogen) atoms. The molecule has 1 aliphatic heterocycles. The van der Waals surface area contributed by atoms with Crippen molar-refractivity contribution in [3.63, 3.8) is 0 Å². The van der Waals surface area contributed by atoms with E-state index in [0.717, 1.165) is 19.5 Å². The Morgan fingerprint density at radius 2 is 2.06 bits per heavy atom. The van der Waals surface area contributed by atoms with Gasteiger partial charge in [-0.25, -0.2) is 0 Å². The van der Waals surface area contributed by atoms with Gasteiger partial charge in [-0.05, 0) is 13.0 Å². The van der Waals surface area contributed by atoms with Crippen molar-refractivity contribution < 1.29 is 9.59 Å². The third-order valence-electron chi connectivity index (χ3n) is 2.76. The van der Waals surface area contributed by atoms with E-state index in [4.69, 9.17) is 0 Å². The van der Waals surface area contributed by atoms with Gasteiger partial charge in [0.25, 0.3) is 0 Å². The Morgan fingerprint density at radius 3 is 2.61 bits per heavy atom. The van der Waals surface area contributed by atoms with Crippen molar-refractivity contribution in [3.05, 3.63) is 11.6 Å². The van der Waals surface area contributed by atoms with Crippen LogP contribution in [0.25, 0.3) is 0 Å². The lowest BCUT2D eigenvalue weighted by molar-refractivity contribution is -0.131. The van der Waals surface area contributed by atoms with E-state index >= 15 is 0 Å². The fraction of sp³-hybridized carbons (Fsp3) is 0.692. The quantitative estimate of drug-likeness (QED) is 0.626. The van der Waals surface area contributed by atoms with Gasteiger partial charge in [-0.2, -0.15) is 0 Å². The molecule has 1 aliphatic rings. The normalized spacial score (nSPS) is 15.8. The van der Waals surface area contributed by atoms with E-state index in [1.807, 2.05) is 20.8 Å². The molecule has 2 amide bonds. The summed E-state index contributed by atoms with van der Waals surface area (Å²) in [6.45, 7) is 7.90. The molecule has 1 rings (SSSR count). The van der Waals surface area contributed by atoms with Crippen LogP contribution in [0.4, 0.5) is 0 Å². The molecular weight excluding hydrogens is 230 g/mol. The molecule has 0 saturated heterocycles. The molecule has 0 aromatic carbocycles. The van der Waals surface area contributed by atoms with Gasteiger partial charge in [-0.1, -0.05) is 32.4 Å². The Labute approximate surface area is 108 Å². The van der Waals surface area contributed by atoms with Crippen LogP contribution in [-0.2, 0) is 9.59 Å². The van der Waals surface area contributed by atoms with Gasteiger partial charge in [0, 0.05) is 18.5 Å². The molecule has 0 aromatic rings. The molecule has 0 aromatic heterocycles. The molecule has 0 atom stereocenters. The molecule has 0 spiro atoms. The van der Waals surface area contributed by atoms with E-state index in [0.29, 0.717) is 6.54 Å². The number of carbonyl (C=O) groups is 2. The number of carbonyl (C=O) groups excluding carboxylic acids is 2. The van der Waals surface area contributed by atoms with Gasteiger partial charge in [-0.15, -0.1) is 0 Å². The summed E-state index contributed by atoms with van der Waals surface area (Å²) < 4.78 is 0. The second-order valence-corrected chi connectivity index (χ2v) is 5.53. The van der Waals surface area contributed by atoms with Crippen molar-refractivity contribution in [1.29, 1.82) is 0 Å². The molecule has 3 N–H and O–H groups in total. The average Bonchev–Trinajstić information content (AvgIpc) is 2.33. The minimum atomic E-state index is -0.460. The zero-order valence-corrected chi connectivity index (χ0v) is 11.4. The maximum absolute atomic E-state index is 11.6. The highest BCUT2D eigenvalue weighted by atomic mass is 16.2. The van der Waals surface area contributed by atoms with Crippen molar-refractivity contribution in [2.24, 2.45) is 5.41 Å². The van der Waals surface area contributed by atoms with Crippen LogP contribution in [0.15, 0.2) is 11.6 Å². The lowest BCUT2D eigenvalue weighted by Gasteiger charge is -2.18. The number of hydrogen-bond donors (Lipinski definition) is 3. The van der Waals surface area contributed by atoms with E-state index in [9.17, 15) is 9.59 Å². The van der Waals surface area contributed by atoms with Crippen molar-refractivity contribution in [1.82, 2.24) is 16.0 Å². The van der Waals surface area contributed by atoms with Crippen LogP contribution in [0.5, 0.6) is 0 Å². The van der Waals surface area contributed by atoms with Crippen LogP contribution < -0.4 is 16.0 Å². The molecule has 0 aliphatic carbocycles. The van der Waals surface area contributed by atoms with E-state index in [1.165, 1.54) is 5.57 Å². The van der Waals surface area contributed by atoms with Crippen molar-refractivity contribution >= 4 is 11.8 Å². The maximum atomic E-state index is 11.6. The summed E-state index contributed by atoms with van der Waals surface area (Å²) in [5, 5.41) is 8.65. The second-order valence-electron chi connectivity index (χ2n) is 5.53. The fourth-order valence-electron chi connectivity index (χ4n) is 1.53. The molecule has 0 saturated carbocycles. The van der Waals surface area contributed by atoms with Crippen LogP contribution >= 0.6 is 0 Å². The number of hydrogen-bond acceptors (Lipinski definition) is 3. The van der Waals surface area contributed by atoms with Gasteiger partial charge in [0.1, 0.15) is 0 Å². The van der Waals surface area contributed by atoms with Crippen molar-refractivity contribution in [2.75, 3.05) is 26.2 Å². The Bertz CT molecular complexity index is 343. The standard InChI is InChI=1S/C13H23N3O2/c1-13(2,3)12(18)16-9-11(17)15-8-10-4-6-14-7-5-10/h4,14H,5-9H2,1-3H3,(H,15,17)(H,16,18). The zero-order chi connectivity index (χ0) is 13.6. The highest BCUT2D eigenvalue weighted by molar-refractivity contribution is 5.87. The number of nitrogens with one attached hydrogen (secondary N) is 3. The molecule has 0 bridgehead atoms. The molecular formula is C13H23N3O2. The molecule has 0 fully saturated rings. The Morgan fingerprint density at radius 1 is 1.33 bits per heavy atom. The fourth-order valence-corrected chi connectivity index (χ4v) is 1.53. The number of rotatable bonds is 4.